The Morgan fingerprint density at radius 1 is 1.12 bits per heavy atom. The van der Waals surface area contributed by atoms with Crippen molar-refractivity contribution in [2.45, 2.75) is 12.1 Å². The van der Waals surface area contributed by atoms with Crippen LogP contribution in [0, 0.1) is 6.92 Å². The fraction of sp³-hybridized carbons (Fsp3) is 0.217. The maximum Gasteiger partial charge on any atom is 0.234 e. The van der Waals surface area contributed by atoms with Crippen molar-refractivity contribution in [2.24, 2.45) is 14.1 Å². The van der Waals surface area contributed by atoms with Crippen molar-refractivity contribution in [3.63, 3.8) is 0 Å². The molecule has 4 aromatic rings. The van der Waals surface area contributed by atoms with E-state index < -0.39 is 0 Å². The van der Waals surface area contributed by atoms with E-state index in [0.717, 1.165) is 33.8 Å². The Kier molecular flexibility index (Phi) is 6.27. The van der Waals surface area contributed by atoms with Crippen LogP contribution in [0.15, 0.2) is 59.9 Å². The molecule has 1 N–H and O–H groups in total. The molecule has 0 bridgehead atoms. The van der Waals surface area contributed by atoms with Gasteiger partial charge in [0.2, 0.25) is 5.91 Å². The summed E-state index contributed by atoms with van der Waals surface area (Å²) in [7, 11) is 5.40. The van der Waals surface area contributed by atoms with E-state index in [1.54, 1.807) is 11.8 Å². The average molecular weight is 449 g/mol. The van der Waals surface area contributed by atoms with Gasteiger partial charge >= 0.3 is 0 Å². The van der Waals surface area contributed by atoms with Gasteiger partial charge in [0.05, 0.1) is 18.4 Å². The van der Waals surface area contributed by atoms with Gasteiger partial charge in [-0.1, -0.05) is 36.0 Å². The first-order chi connectivity index (χ1) is 15.4. The second-order valence-electron chi connectivity index (χ2n) is 7.37. The third kappa shape index (κ3) is 4.67. The van der Waals surface area contributed by atoms with Gasteiger partial charge in [-0.25, -0.2) is 0 Å². The molecule has 0 fully saturated rings. The van der Waals surface area contributed by atoms with E-state index in [2.05, 4.69) is 20.6 Å². The highest BCUT2D eigenvalue weighted by Gasteiger charge is 2.19. The molecule has 0 aliphatic heterocycles. The molecule has 4 rings (SSSR count). The van der Waals surface area contributed by atoms with Crippen molar-refractivity contribution < 1.29 is 9.53 Å². The number of nitrogens with zero attached hydrogens (tertiary/aromatic N) is 5. The van der Waals surface area contributed by atoms with Crippen molar-refractivity contribution in [2.75, 3.05) is 18.2 Å². The van der Waals surface area contributed by atoms with Gasteiger partial charge in [-0.05, 0) is 36.8 Å². The van der Waals surface area contributed by atoms with Crippen LogP contribution >= 0.6 is 11.8 Å². The number of carbonyl (C=O) groups excluding carboxylic acids is 1. The minimum Gasteiger partial charge on any atom is -0.497 e. The first kappa shape index (κ1) is 21.6. The summed E-state index contributed by atoms with van der Waals surface area (Å²) in [6.45, 7) is 1.99. The van der Waals surface area contributed by atoms with E-state index >= 15 is 0 Å². The van der Waals surface area contributed by atoms with Crippen LogP contribution in [-0.2, 0) is 18.9 Å². The van der Waals surface area contributed by atoms with Crippen molar-refractivity contribution >= 4 is 23.4 Å². The molecule has 164 valence electrons. The fourth-order valence-electron chi connectivity index (χ4n) is 3.36. The Hall–Kier alpha value is -3.59. The first-order valence-electron chi connectivity index (χ1n) is 10.0. The van der Waals surface area contributed by atoms with Gasteiger partial charge in [0.25, 0.3) is 0 Å². The molecule has 9 heteroatoms. The van der Waals surface area contributed by atoms with Crippen molar-refractivity contribution in [1.82, 2.24) is 24.5 Å². The zero-order chi connectivity index (χ0) is 22.7. The number of rotatable bonds is 7. The zero-order valence-corrected chi connectivity index (χ0v) is 19.2. The van der Waals surface area contributed by atoms with Crippen LogP contribution in [0.25, 0.3) is 22.6 Å². The molecule has 32 heavy (non-hydrogen) atoms. The smallest absolute Gasteiger partial charge is 0.234 e. The number of aryl methyl sites for hydroxylation is 2. The molecule has 0 aliphatic carbocycles. The van der Waals surface area contributed by atoms with Crippen LogP contribution in [-0.4, -0.2) is 43.3 Å². The quantitative estimate of drug-likeness (QED) is 0.431. The highest BCUT2D eigenvalue weighted by Crippen LogP contribution is 2.32. The van der Waals surface area contributed by atoms with Crippen LogP contribution in [0.4, 0.5) is 5.69 Å². The molecular formula is C23H24N6O2S. The first-order valence-corrected chi connectivity index (χ1v) is 11.0. The van der Waals surface area contributed by atoms with Gasteiger partial charge in [-0.3, -0.25) is 9.48 Å². The molecule has 0 saturated heterocycles. The van der Waals surface area contributed by atoms with Crippen molar-refractivity contribution in [3.05, 3.63) is 60.3 Å². The van der Waals surface area contributed by atoms with Gasteiger partial charge < -0.3 is 14.6 Å². The number of hydrogen-bond donors (Lipinski definition) is 1. The Labute approximate surface area is 190 Å². The van der Waals surface area contributed by atoms with Gasteiger partial charge in [-0.2, -0.15) is 5.10 Å². The summed E-state index contributed by atoms with van der Waals surface area (Å²) in [5.74, 6) is 1.57. The third-order valence-electron chi connectivity index (χ3n) is 4.88. The minimum atomic E-state index is -0.0939. The lowest BCUT2D eigenvalue weighted by atomic mass is 10.1. The summed E-state index contributed by atoms with van der Waals surface area (Å²) in [6, 6.07) is 15.5. The Balaban J connectivity index is 1.53. The SMILES string of the molecule is COc1cccc(-c2nn(C)cc2-c2nnc(SCC(=O)Nc3cccc(C)c3)n2C)c1. The minimum absolute atomic E-state index is 0.0939. The summed E-state index contributed by atoms with van der Waals surface area (Å²) in [6.07, 6.45) is 1.91. The van der Waals surface area contributed by atoms with E-state index in [4.69, 9.17) is 4.74 Å². The molecule has 0 radical (unpaired) electrons. The normalized spacial score (nSPS) is 10.9. The zero-order valence-electron chi connectivity index (χ0n) is 18.4. The van der Waals surface area contributed by atoms with E-state index in [1.165, 1.54) is 11.8 Å². The van der Waals surface area contributed by atoms with Gasteiger partial charge in [-0.15, -0.1) is 10.2 Å². The number of ether oxygens (including phenoxy) is 1. The molecule has 0 atom stereocenters. The molecule has 0 saturated carbocycles. The van der Waals surface area contributed by atoms with Gasteiger partial charge in [0, 0.05) is 31.5 Å². The van der Waals surface area contributed by atoms with Crippen molar-refractivity contribution in [1.29, 1.82) is 0 Å². The molecule has 1 amide bonds. The number of carbonyl (C=O) groups is 1. The highest BCUT2D eigenvalue weighted by molar-refractivity contribution is 7.99. The molecule has 0 aliphatic rings. The van der Waals surface area contributed by atoms with Crippen LogP contribution in [0.5, 0.6) is 5.75 Å². The number of nitrogens with one attached hydrogen (secondary N) is 1. The van der Waals surface area contributed by atoms with Gasteiger partial charge in [0.15, 0.2) is 11.0 Å². The largest absolute Gasteiger partial charge is 0.497 e. The summed E-state index contributed by atoms with van der Waals surface area (Å²) in [5, 5.41) is 16.9. The van der Waals surface area contributed by atoms with Crippen LogP contribution < -0.4 is 10.1 Å². The lowest BCUT2D eigenvalue weighted by molar-refractivity contribution is -0.113. The maximum absolute atomic E-state index is 12.4. The predicted molar refractivity (Wildman–Crippen MR) is 126 cm³/mol. The van der Waals surface area contributed by atoms with E-state index in [1.807, 2.05) is 80.3 Å². The fourth-order valence-corrected chi connectivity index (χ4v) is 4.07. The third-order valence-corrected chi connectivity index (χ3v) is 5.90. The number of anilines is 1. The Morgan fingerprint density at radius 3 is 2.72 bits per heavy atom. The Morgan fingerprint density at radius 2 is 1.94 bits per heavy atom. The van der Waals surface area contributed by atoms with E-state index in [9.17, 15) is 4.79 Å². The second-order valence-corrected chi connectivity index (χ2v) is 8.31. The van der Waals surface area contributed by atoms with Crippen LogP contribution in [0.1, 0.15) is 5.56 Å². The average Bonchev–Trinajstić information content (AvgIpc) is 3.34. The molecule has 2 aromatic heterocycles. The Bertz CT molecular complexity index is 1260. The summed E-state index contributed by atoms with van der Waals surface area (Å²) < 4.78 is 8.98. The number of hydrogen-bond acceptors (Lipinski definition) is 6. The topological polar surface area (TPSA) is 86.9 Å². The highest BCUT2D eigenvalue weighted by atomic mass is 32.2. The molecular weight excluding hydrogens is 424 g/mol. The lowest BCUT2D eigenvalue weighted by Crippen LogP contribution is -2.14. The number of amides is 1. The van der Waals surface area contributed by atoms with Crippen LogP contribution in [0.2, 0.25) is 0 Å². The summed E-state index contributed by atoms with van der Waals surface area (Å²) >= 11 is 1.34. The number of methoxy groups -OCH3 is 1. The van der Waals surface area contributed by atoms with Gasteiger partial charge in [0.1, 0.15) is 11.4 Å². The van der Waals surface area contributed by atoms with E-state index in [0.29, 0.717) is 11.0 Å². The van der Waals surface area contributed by atoms with Crippen LogP contribution in [0.3, 0.4) is 0 Å². The van der Waals surface area contributed by atoms with Crippen molar-refractivity contribution in [3.8, 4) is 28.4 Å². The molecule has 8 nitrogen and oxygen atoms in total. The summed E-state index contributed by atoms with van der Waals surface area (Å²) in [5.41, 5.74) is 4.45. The number of thioether (sulfide) groups is 1. The standard InChI is InChI=1S/C23H24N6O2S/c1-15-7-5-9-17(11-15)24-20(30)14-32-23-26-25-22(29(23)3)19-13-28(2)27-21(19)16-8-6-10-18(12-16)31-4/h5-13H,14H2,1-4H3,(H,24,30). The molecule has 0 unspecified atom stereocenters. The molecule has 2 heterocycles. The number of aromatic nitrogens is 5. The number of benzene rings is 2. The summed E-state index contributed by atoms with van der Waals surface area (Å²) in [4.78, 5) is 12.4. The monoisotopic (exact) mass is 448 g/mol. The second kappa shape index (κ2) is 9.27. The lowest BCUT2D eigenvalue weighted by Gasteiger charge is -2.07. The molecule has 0 spiro atoms. The molecule has 2 aromatic carbocycles. The van der Waals surface area contributed by atoms with E-state index in [-0.39, 0.29) is 11.7 Å². The maximum atomic E-state index is 12.4. The predicted octanol–water partition coefficient (Wildman–Crippen LogP) is 3.93.